The van der Waals surface area contributed by atoms with Gasteiger partial charge in [-0.1, -0.05) is 11.6 Å². The first kappa shape index (κ1) is 10.3. The molecule has 5 heteroatoms. The molecule has 1 aliphatic rings. The molecule has 0 atom stereocenters. The maximum absolute atomic E-state index is 5.92. The second-order valence-corrected chi connectivity index (χ2v) is 5.46. The fourth-order valence-corrected chi connectivity index (χ4v) is 2.96. The molecule has 84 valence electrons. The first-order chi connectivity index (χ1) is 7.60. The second-order valence-electron chi connectivity index (χ2n) is 4.64. The number of pyridine rings is 1. The van der Waals surface area contributed by atoms with Crippen LogP contribution < -0.4 is 0 Å². The highest BCUT2D eigenvalue weighted by molar-refractivity contribution is 7.71. The van der Waals surface area contributed by atoms with Gasteiger partial charge in [0.25, 0.3) is 0 Å². The van der Waals surface area contributed by atoms with Crippen molar-refractivity contribution in [1.29, 1.82) is 0 Å². The lowest BCUT2D eigenvalue weighted by Gasteiger charge is -2.39. The highest BCUT2D eigenvalue weighted by Crippen LogP contribution is 2.40. The molecule has 2 aromatic heterocycles. The molecule has 2 heterocycles. The van der Waals surface area contributed by atoms with Crippen LogP contribution in [0.5, 0.6) is 0 Å². The maximum atomic E-state index is 5.92. The molecule has 1 saturated carbocycles. The van der Waals surface area contributed by atoms with Gasteiger partial charge < -0.3 is 4.98 Å². The number of aromatic amines is 1. The van der Waals surface area contributed by atoms with E-state index in [4.69, 9.17) is 23.8 Å². The van der Waals surface area contributed by atoms with E-state index in [1.165, 1.54) is 19.3 Å². The van der Waals surface area contributed by atoms with E-state index in [1.807, 2.05) is 6.07 Å². The van der Waals surface area contributed by atoms with Crippen molar-refractivity contribution < 1.29 is 0 Å². The third-order valence-corrected chi connectivity index (χ3v) is 3.95. The van der Waals surface area contributed by atoms with Crippen molar-refractivity contribution in [2.24, 2.45) is 0 Å². The van der Waals surface area contributed by atoms with E-state index in [9.17, 15) is 0 Å². The zero-order valence-corrected chi connectivity index (χ0v) is 10.5. The number of halogens is 1. The highest BCUT2D eigenvalue weighted by atomic mass is 35.5. The summed E-state index contributed by atoms with van der Waals surface area (Å²) < 4.78 is 2.88. The Morgan fingerprint density at radius 2 is 2.31 bits per heavy atom. The molecule has 2 aromatic rings. The fourth-order valence-electron chi connectivity index (χ4n) is 2.38. The number of hydrogen-bond donors (Lipinski definition) is 1. The van der Waals surface area contributed by atoms with Crippen LogP contribution in [-0.4, -0.2) is 14.5 Å². The second kappa shape index (κ2) is 3.31. The van der Waals surface area contributed by atoms with Crippen molar-refractivity contribution in [1.82, 2.24) is 14.5 Å². The lowest BCUT2D eigenvalue weighted by atomic mass is 9.78. The quantitative estimate of drug-likeness (QED) is 0.787. The molecule has 0 bridgehead atoms. The van der Waals surface area contributed by atoms with E-state index >= 15 is 0 Å². The number of nitrogens with one attached hydrogen (secondary N) is 1. The van der Waals surface area contributed by atoms with Crippen molar-refractivity contribution in [2.75, 3.05) is 0 Å². The Labute approximate surface area is 103 Å². The number of aromatic nitrogens is 3. The molecule has 16 heavy (non-hydrogen) atoms. The number of rotatable bonds is 1. The van der Waals surface area contributed by atoms with Crippen molar-refractivity contribution in [3.63, 3.8) is 0 Å². The largest absolute Gasteiger partial charge is 0.329 e. The van der Waals surface area contributed by atoms with Gasteiger partial charge in [-0.25, -0.2) is 4.98 Å². The highest BCUT2D eigenvalue weighted by Gasteiger charge is 2.35. The van der Waals surface area contributed by atoms with Crippen LogP contribution in [0.3, 0.4) is 0 Å². The lowest BCUT2D eigenvalue weighted by molar-refractivity contribution is 0.171. The molecule has 0 amide bonds. The van der Waals surface area contributed by atoms with Gasteiger partial charge in [0.05, 0.1) is 10.5 Å². The van der Waals surface area contributed by atoms with Crippen LogP contribution >= 0.6 is 23.8 Å². The van der Waals surface area contributed by atoms with E-state index in [1.54, 1.807) is 6.20 Å². The van der Waals surface area contributed by atoms with Gasteiger partial charge in [-0.2, -0.15) is 0 Å². The van der Waals surface area contributed by atoms with E-state index < -0.39 is 0 Å². The van der Waals surface area contributed by atoms with Gasteiger partial charge in [-0.05, 0) is 44.5 Å². The number of fused-ring (bicyclic) bond motifs is 1. The predicted octanol–water partition coefficient (Wildman–Crippen LogP) is 3.65. The van der Waals surface area contributed by atoms with Gasteiger partial charge in [0.1, 0.15) is 0 Å². The molecule has 0 aliphatic heterocycles. The smallest absolute Gasteiger partial charge is 0.179 e. The van der Waals surface area contributed by atoms with Gasteiger partial charge in [0.2, 0.25) is 0 Å². The Morgan fingerprint density at radius 3 is 2.94 bits per heavy atom. The van der Waals surface area contributed by atoms with Crippen LogP contribution in [0, 0.1) is 4.77 Å². The van der Waals surface area contributed by atoms with Crippen LogP contribution in [0.2, 0.25) is 5.02 Å². The van der Waals surface area contributed by atoms with Crippen LogP contribution in [-0.2, 0) is 5.54 Å². The summed E-state index contributed by atoms with van der Waals surface area (Å²) in [6.07, 6.45) is 5.26. The Morgan fingerprint density at radius 1 is 1.56 bits per heavy atom. The molecule has 1 aliphatic carbocycles. The minimum absolute atomic E-state index is 0.135. The topological polar surface area (TPSA) is 33.6 Å². The summed E-state index contributed by atoms with van der Waals surface area (Å²) in [4.78, 5) is 7.56. The normalized spacial score (nSPS) is 18.6. The molecule has 0 unspecified atom stereocenters. The Kier molecular flexibility index (Phi) is 2.13. The third kappa shape index (κ3) is 1.33. The van der Waals surface area contributed by atoms with Crippen LogP contribution in [0.25, 0.3) is 11.2 Å². The van der Waals surface area contributed by atoms with Crippen molar-refractivity contribution in [2.45, 2.75) is 31.7 Å². The molecule has 1 fully saturated rings. The van der Waals surface area contributed by atoms with Crippen molar-refractivity contribution in [3.8, 4) is 0 Å². The first-order valence-electron chi connectivity index (χ1n) is 5.37. The van der Waals surface area contributed by atoms with Gasteiger partial charge in [-0.15, -0.1) is 0 Å². The number of nitrogens with zero attached hydrogens (tertiary/aromatic N) is 2. The van der Waals surface area contributed by atoms with Crippen molar-refractivity contribution >= 4 is 35.0 Å². The molecular weight excluding hydrogens is 242 g/mol. The van der Waals surface area contributed by atoms with Crippen LogP contribution in [0.4, 0.5) is 0 Å². The van der Waals surface area contributed by atoms with Crippen LogP contribution in [0.1, 0.15) is 26.2 Å². The molecule has 0 aromatic carbocycles. The molecule has 3 rings (SSSR count). The summed E-state index contributed by atoms with van der Waals surface area (Å²) >= 11 is 11.3. The minimum Gasteiger partial charge on any atom is -0.329 e. The van der Waals surface area contributed by atoms with Gasteiger partial charge in [-0.3, -0.25) is 4.57 Å². The predicted molar refractivity (Wildman–Crippen MR) is 67.4 cm³/mol. The maximum Gasteiger partial charge on any atom is 0.179 e. The standard InChI is InChI=1S/C11H12ClN3S/c1-11(3-2-4-11)15-9-8(14-10(15)16)5-7(12)6-13-9/h5-6H,2-4H2,1H3,(H,14,16). The molecule has 0 saturated heterocycles. The van der Waals surface area contributed by atoms with Crippen LogP contribution in [0.15, 0.2) is 12.3 Å². The summed E-state index contributed by atoms with van der Waals surface area (Å²) in [7, 11) is 0. The Bertz CT molecular complexity index is 609. The molecular formula is C11H12ClN3S. The average molecular weight is 254 g/mol. The van der Waals surface area contributed by atoms with Gasteiger partial charge in [0.15, 0.2) is 10.4 Å². The van der Waals surface area contributed by atoms with Gasteiger partial charge >= 0.3 is 0 Å². The van der Waals surface area contributed by atoms with E-state index in [2.05, 4.69) is 21.5 Å². The monoisotopic (exact) mass is 253 g/mol. The minimum atomic E-state index is 0.135. The summed E-state index contributed by atoms with van der Waals surface area (Å²) in [5.41, 5.74) is 1.97. The summed E-state index contributed by atoms with van der Waals surface area (Å²) in [6.45, 7) is 2.23. The first-order valence-corrected chi connectivity index (χ1v) is 6.16. The Hall–Kier alpha value is -0.870. The lowest BCUT2D eigenvalue weighted by Crippen LogP contribution is -2.37. The zero-order chi connectivity index (χ0) is 11.3. The fraction of sp³-hybridized carbons (Fsp3) is 0.455. The molecule has 0 radical (unpaired) electrons. The van der Waals surface area contributed by atoms with Gasteiger partial charge in [0, 0.05) is 11.7 Å². The molecule has 1 N–H and O–H groups in total. The van der Waals surface area contributed by atoms with E-state index in [0.717, 1.165) is 15.9 Å². The summed E-state index contributed by atoms with van der Waals surface area (Å²) in [5.74, 6) is 0. The summed E-state index contributed by atoms with van der Waals surface area (Å²) in [5, 5.41) is 0.634. The molecule has 3 nitrogen and oxygen atoms in total. The number of hydrogen-bond acceptors (Lipinski definition) is 2. The zero-order valence-electron chi connectivity index (χ0n) is 8.96. The van der Waals surface area contributed by atoms with E-state index in [-0.39, 0.29) is 5.54 Å². The third-order valence-electron chi connectivity index (χ3n) is 3.46. The van der Waals surface area contributed by atoms with E-state index in [0.29, 0.717) is 5.02 Å². The Balaban J connectivity index is 2.32. The average Bonchev–Trinajstić information content (AvgIpc) is 2.50. The van der Waals surface area contributed by atoms with Crippen molar-refractivity contribution in [3.05, 3.63) is 22.1 Å². The SMILES string of the molecule is CC1(n2c(=S)[nH]c3cc(Cl)cnc32)CCC1. The summed E-state index contributed by atoms with van der Waals surface area (Å²) in [6, 6.07) is 1.87. The molecule has 0 spiro atoms. The number of imidazole rings is 1. The number of H-pyrrole nitrogens is 1.